The Morgan fingerprint density at radius 2 is 1.67 bits per heavy atom. The molecule has 0 N–H and O–H groups in total. The molecule has 1 nitrogen and oxygen atoms in total. The van der Waals surface area contributed by atoms with Gasteiger partial charge in [0.25, 0.3) is 0 Å². The summed E-state index contributed by atoms with van der Waals surface area (Å²) in [4.78, 5) is 10.0. The molecule has 0 aliphatic heterocycles. The fourth-order valence-electron chi connectivity index (χ4n) is 0.532. The van der Waals surface area contributed by atoms with Crippen LogP contribution >= 0.6 is 0 Å². The van der Waals surface area contributed by atoms with Crippen LogP contribution in [-0.4, -0.2) is 33.6 Å². The molecule has 0 aliphatic rings. The van der Waals surface area contributed by atoms with Crippen LogP contribution in [0.4, 0.5) is 0 Å². The summed E-state index contributed by atoms with van der Waals surface area (Å²) in [5.41, 5.74) is 0.729. The van der Waals surface area contributed by atoms with Crippen LogP contribution in [0.15, 0.2) is 30.3 Å². The fourth-order valence-corrected chi connectivity index (χ4v) is 0.532. The van der Waals surface area contributed by atoms with E-state index in [2.05, 4.69) is 0 Å². The van der Waals surface area contributed by atoms with Crippen LogP contribution in [-0.2, 0) is 0 Å². The van der Waals surface area contributed by atoms with Gasteiger partial charge in [-0.05, 0) is 0 Å². The minimum atomic E-state index is 0. The maximum atomic E-state index is 10.0. The van der Waals surface area contributed by atoms with Crippen molar-refractivity contribution in [2.75, 3.05) is 0 Å². The van der Waals surface area contributed by atoms with Crippen LogP contribution in [0.3, 0.4) is 0 Å². The molecule has 0 unspecified atom stereocenters. The second-order valence-corrected chi connectivity index (χ2v) is 1.53. The summed E-state index contributed by atoms with van der Waals surface area (Å²) in [6, 6.07) is 9.10. The SMILES string of the molecule is O=Cc1ccccc1.[Pb]. The van der Waals surface area contributed by atoms with Crippen LogP contribution in [0.1, 0.15) is 10.4 Å². The van der Waals surface area contributed by atoms with Crippen LogP contribution in [0, 0.1) is 0 Å². The molecule has 0 aliphatic carbocycles. The van der Waals surface area contributed by atoms with Gasteiger partial charge in [0.2, 0.25) is 0 Å². The van der Waals surface area contributed by atoms with Crippen molar-refractivity contribution >= 4 is 33.6 Å². The molecule has 0 saturated carbocycles. The zero-order valence-electron chi connectivity index (χ0n) is 4.87. The first-order valence-corrected chi connectivity index (χ1v) is 2.44. The number of hydrogen-bond acceptors (Lipinski definition) is 1. The molecule has 4 radical (unpaired) electrons. The normalized spacial score (nSPS) is 7.56. The van der Waals surface area contributed by atoms with E-state index in [0.29, 0.717) is 0 Å². The van der Waals surface area contributed by atoms with E-state index >= 15 is 0 Å². The molecule has 9 heavy (non-hydrogen) atoms. The quantitative estimate of drug-likeness (QED) is 0.561. The molecule has 0 bridgehead atoms. The van der Waals surface area contributed by atoms with E-state index < -0.39 is 0 Å². The summed E-state index contributed by atoms with van der Waals surface area (Å²) in [5, 5.41) is 0. The number of carbonyl (C=O) groups excluding carboxylic acids is 1. The minimum Gasteiger partial charge on any atom is -0.298 e. The molecular formula is C7H6OPb. The van der Waals surface area contributed by atoms with E-state index in [9.17, 15) is 4.79 Å². The van der Waals surface area contributed by atoms with Crippen molar-refractivity contribution in [2.45, 2.75) is 0 Å². The van der Waals surface area contributed by atoms with Gasteiger partial charge < -0.3 is 0 Å². The van der Waals surface area contributed by atoms with E-state index in [1.165, 1.54) is 0 Å². The van der Waals surface area contributed by atoms with Crippen LogP contribution in [0.5, 0.6) is 0 Å². The van der Waals surface area contributed by atoms with Crippen LogP contribution in [0.25, 0.3) is 0 Å². The van der Waals surface area contributed by atoms with Gasteiger partial charge in [0.15, 0.2) is 0 Å². The third-order valence-electron chi connectivity index (χ3n) is 0.936. The molecular weight excluding hydrogens is 307 g/mol. The Morgan fingerprint density at radius 1 is 1.11 bits per heavy atom. The third kappa shape index (κ3) is 2.74. The molecule has 0 atom stereocenters. The molecule has 0 saturated heterocycles. The van der Waals surface area contributed by atoms with E-state index in [4.69, 9.17) is 0 Å². The van der Waals surface area contributed by atoms with Crippen molar-refractivity contribution in [2.24, 2.45) is 0 Å². The van der Waals surface area contributed by atoms with Crippen molar-refractivity contribution < 1.29 is 4.79 Å². The van der Waals surface area contributed by atoms with Gasteiger partial charge in [-0.15, -0.1) is 0 Å². The van der Waals surface area contributed by atoms with Crippen LogP contribution in [0.2, 0.25) is 0 Å². The maximum absolute atomic E-state index is 10.0. The van der Waals surface area contributed by atoms with Crippen molar-refractivity contribution in [1.29, 1.82) is 0 Å². The third-order valence-corrected chi connectivity index (χ3v) is 0.936. The monoisotopic (exact) mass is 314 g/mol. The number of benzene rings is 1. The molecule has 0 heterocycles. The predicted molar refractivity (Wildman–Crippen MR) is 37.6 cm³/mol. The first-order chi connectivity index (χ1) is 3.93. The van der Waals surface area contributed by atoms with Crippen molar-refractivity contribution in [3.63, 3.8) is 0 Å². The Kier molecular flexibility index (Phi) is 4.57. The topological polar surface area (TPSA) is 17.1 Å². The zero-order chi connectivity index (χ0) is 5.82. The van der Waals surface area contributed by atoms with E-state index in [1.54, 1.807) is 12.1 Å². The fraction of sp³-hybridized carbons (Fsp3) is 0. The summed E-state index contributed by atoms with van der Waals surface area (Å²) in [5.74, 6) is 0. The van der Waals surface area contributed by atoms with E-state index in [1.807, 2.05) is 18.2 Å². The van der Waals surface area contributed by atoms with Gasteiger partial charge in [-0.1, -0.05) is 30.3 Å². The summed E-state index contributed by atoms with van der Waals surface area (Å²) in [6.45, 7) is 0. The first-order valence-electron chi connectivity index (χ1n) is 2.44. The van der Waals surface area contributed by atoms with Crippen molar-refractivity contribution in [3.8, 4) is 0 Å². The molecule has 44 valence electrons. The Labute approximate surface area is 74.2 Å². The average Bonchev–Trinajstić information content (AvgIpc) is 1.90. The van der Waals surface area contributed by atoms with Crippen molar-refractivity contribution in [1.82, 2.24) is 0 Å². The molecule has 1 rings (SSSR count). The van der Waals surface area contributed by atoms with E-state index in [0.717, 1.165) is 11.8 Å². The van der Waals surface area contributed by atoms with Gasteiger partial charge >= 0.3 is 0 Å². The van der Waals surface area contributed by atoms with Gasteiger partial charge in [-0.3, -0.25) is 4.79 Å². The van der Waals surface area contributed by atoms with Crippen LogP contribution < -0.4 is 0 Å². The first kappa shape index (κ1) is 8.81. The molecule has 0 amide bonds. The largest absolute Gasteiger partial charge is 0.298 e. The Morgan fingerprint density at radius 3 is 2.00 bits per heavy atom. The standard InChI is InChI=1S/C7H6O.Pb/c8-6-7-4-2-1-3-5-7;/h1-6H;. The molecule has 0 aromatic heterocycles. The number of rotatable bonds is 1. The van der Waals surface area contributed by atoms with Gasteiger partial charge in [0.1, 0.15) is 6.29 Å². The summed E-state index contributed by atoms with van der Waals surface area (Å²) >= 11 is 0. The molecule has 2 heteroatoms. The second kappa shape index (κ2) is 4.67. The second-order valence-electron chi connectivity index (χ2n) is 1.53. The molecule has 1 aromatic carbocycles. The predicted octanol–water partition coefficient (Wildman–Crippen LogP) is 1.12. The van der Waals surface area contributed by atoms with Gasteiger partial charge in [-0.25, -0.2) is 0 Å². The number of carbonyl (C=O) groups is 1. The minimum absolute atomic E-state index is 0. The summed E-state index contributed by atoms with van der Waals surface area (Å²) in [7, 11) is 0. The van der Waals surface area contributed by atoms with Gasteiger partial charge in [0.05, 0.1) is 0 Å². The molecule has 1 aromatic rings. The van der Waals surface area contributed by atoms with Crippen molar-refractivity contribution in [3.05, 3.63) is 35.9 Å². The Balaban J connectivity index is 0.000000640. The maximum Gasteiger partial charge on any atom is 0.150 e. The smallest absolute Gasteiger partial charge is 0.150 e. The summed E-state index contributed by atoms with van der Waals surface area (Å²) in [6.07, 6.45) is 0.833. The summed E-state index contributed by atoms with van der Waals surface area (Å²) < 4.78 is 0. The number of hydrogen-bond donors (Lipinski definition) is 0. The molecule has 0 spiro atoms. The Hall–Kier alpha value is -0.188. The van der Waals surface area contributed by atoms with Gasteiger partial charge in [0, 0.05) is 32.9 Å². The van der Waals surface area contributed by atoms with Gasteiger partial charge in [-0.2, -0.15) is 0 Å². The molecule has 0 fully saturated rings. The van der Waals surface area contributed by atoms with E-state index in [-0.39, 0.29) is 27.3 Å². The Bertz CT molecular complexity index is 172. The zero-order valence-corrected chi connectivity index (χ0v) is 8.76. The number of aldehydes is 1. The average molecular weight is 313 g/mol.